The molecule has 1 saturated heterocycles. The molecule has 2 aliphatic carbocycles. The highest BCUT2D eigenvalue weighted by Gasteiger charge is 2.35. The first-order chi connectivity index (χ1) is 10.8. The third-order valence-electron chi connectivity index (χ3n) is 5.15. The molecular weight excluding hydrogens is 276 g/mol. The lowest BCUT2D eigenvalue weighted by molar-refractivity contribution is -0.122. The molecule has 3 fully saturated rings. The van der Waals surface area contributed by atoms with Crippen molar-refractivity contribution in [3.05, 3.63) is 18.1 Å². The van der Waals surface area contributed by atoms with Crippen molar-refractivity contribution in [2.75, 3.05) is 11.4 Å². The van der Waals surface area contributed by atoms with E-state index in [0.29, 0.717) is 12.0 Å². The van der Waals surface area contributed by atoms with E-state index in [-0.39, 0.29) is 11.9 Å². The number of nitrogens with one attached hydrogen (secondary N) is 1. The smallest absolute Gasteiger partial charge is 0.242 e. The van der Waals surface area contributed by atoms with E-state index in [2.05, 4.69) is 15.2 Å². The van der Waals surface area contributed by atoms with Crippen LogP contribution in [0.15, 0.2) is 12.3 Å². The molecule has 0 bridgehead atoms. The van der Waals surface area contributed by atoms with Crippen LogP contribution in [0.1, 0.15) is 63.1 Å². The highest BCUT2D eigenvalue weighted by atomic mass is 16.2. The molecule has 4 rings (SSSR count). The number of amides is 1. The van der Waals surface area contributed by atoms with E-state index in [0.717, 1.165) is 43.9 Å². The van der Waals surface area contributed by atoms with E-state index in [1.54, 1.807) is 0 Å². The maximum absolute atomic E-state index is 12.4. The number of carbonyl (C=O) groups excluding carboxylic acids is 1. The van der Waals surface area contributed by atoms with Crippen LogP contribution in [0.4, 0.5) is 5.82 Å². The molecule has 3 aliphatic rings. The van der Waals surface area contributed by atoms with Crippen molar-refractivity contribution in [3.63, 3.8) is 0 Å². The predicted molar refractivity (Wildman–Crippen MR) is 84.8 cm³/mol. The highest BCUT2D eigenvalue weighted by molar-refractivity contribution is 5.86. The molecule has 118 valence electrons. The van der Waals surface area contributed by atoms with Crippen molar-refractivity contribution < 1.29 is 4.79 Å². The second-order valence-corrected chi connectivity index (χ2v) is 6.89. The average molecular weight is 300 g/mol. The summed E-state index contributed by atoms with van der Waals surface area (Å²) in [5.74, 6) is 2.61. The third-order valence-corrected chi connectivity index (χ3v) is 5.15. The van der Waals surface area contributed by atoms with Crippen LogP contribution in [-0.4, -0.2) is 34.5 Å². The van der Waals surface area contributed by atoms with Gasteiger partial charge >= 0.3 is 0 Å². The SMILES string of the molecule is O=C(NC1CC1)[C@@H]1CCCN1c1ccnc(C2CCCC2)n1. The molecular formula is C17H24N4O. The Morgan fingerprint density at radius 3 is 2.73 bits per heavy atom. The molecule has 0 unspecified atom stereocenters. The number of carbonyl (C=O) groups is 1. The lowest BCUT2D eigenvalue weighted by Crippen LogP contribution is -2.44. The van der Waals surface area contributed by atoms with Gasteiger partial charge in [-0.1, -0.05) is 12.8 Å². The number of nitrogens with zero attached hydrogens (tertiary/aromatic N) is 3. The third kappa shape index (κ3) is 2.81. The van der Waals surface area contributed by atoms with Crippen LogP contribution in [-0.2, 0) is 4.79 Å². The molecule has 1 N–H and O–H groups in total. The van der Waals surface area contributed by atoms with Crippen LogP contribution < -0.4 is 10.2 Å². The molecule has 1 aromatic heterocycles. The summed E-state index contributed by atoms with van der Waals surface area (Å²) in [5, 5.41) is 3.14. The number of hydrogen-bond donors (Lipinski definition) is 1. The molecule has 0 radical (unpaired) electrons. The van der Waals surface area contributed by atoms with Crippen LogP contribution in [0.25, 0.3) is 0 Å². The van der Waals surface area contributed by atoms with Crippen molar-refractivity contribution in [2.45, 2.75) is 69.4 Å². The summed E-state index contributed by atoms with van der Waals surface area (Å²) in [5.41, 5.74) is 0. The normalized spacial score (nSPS) is 25.6. The van der Waals surface area contributed by atoms with E-state index in [4.69, 9.17) is 4.98 Å². The van der Waals surface area contributed by atoms with Gasteiger partial charge in [0, 0.05) is 24.7 Å². The Labute approximate surface area is 131 Å². The van der Waals surface area contributed by atoms with Gasteiger partial charge in [0.05, 0.1) is 0 Å². The van der Waals surface area contributed by atoms with Gasteiger partial charge in [-0.25, -0.2) is 9.97 Å². The zero-order valence-corrected chi connectivity index (χ0v) is 13.0. The molecule has 0 aromatic carbocycles. The standard InChI is InChI=1S/C17H24N4O/c22-17(19-13-7-8-13)14-6-3-11-21(14)15-9-10-18-16(20-15)12-4-1-2-5-12/h9-10,12-14H,1-8,11H2,(H,19,22)/t14-/m0/s1. The number of anilines is 1. The van der Waals surface area contributed by atoms with Gasteiger partial charge < -0.3 is 10.2 Å². The van der Waals surface area contributed by atoms with Crippen LogP contribution in [0, 0.1) is 0 Å². The topological polar surface area (TPSA) is 58.1 Å². The Morgan fingerprint density at radius 1 is 1.14 bits per heavy atom. The summed E-state index contributed by atoms with van der Waals surface area (Å²) in [4.78, 5) is 23.9. The minimum absolute atomic E-state index is 0.0491. The van der Waals surface area contributed by atoms with Crippen LogP contribution >= 0.6 is 0 Å². The molecule has 0 spiro atoms. The number of hydrogen-bond acceptors (Lipinski definition) is 4. The van der Waals surface area contributed by atoms with Gasteiger partial charge in [-0.15, -0.1) is 0 Å². The minimum atomic E-state index is -0.0491. The van der Waals surface area contributed by atoms with Crippen LogP contribution in [0.2, 0.25) is 0 Å². The first-order valence-corrected chi connectivity index (χ1v) is 8.71. The highest BCUT2D eigenvalue weighted by Crippen LogP contribution is 2.33. The summed E-state index contributed by atoms with van der Waals surface area (Å²) in [6.07, 6.45) is 11.1. The fourth-order valence-electron chi connectivity index (χ4n) is 3.74. The van der Waals surface area contributed by atoms with Crippen molar-refractivity contribution in [1.82, 2.24) is 15.3 Å². The van der Waals surface area contributed by atoms with Crippen molar-refractivity contribution >= 4 is 11.7 Å². The monoisotopic (exact) mass is 300 g/mol. The predicted octanol–water partition coefficient (Wildman–Crippen LogP) is 2.38. The zero-order valence-electron chi connectivity index (χ0n) is 13.0. The Balaban J connectivity index is 1.51. The fraction of sp³-hybridized carbons (Fsp3) is 0.706. The van der Waals surface area contributed by atoms with E-state index < -0.39 is 0 Å². The van der Waals surface area contributed by atoms with E-state index in [1.165, 1.54) is 25.7 Å². The van der Waals surface area contributed by atoms with E-state index >= 15 is 0 Å². The largest absolute Gasteiger partial charge is 0.352 e. The summed E-state index contributed by atoms with van der Waals surface area (Å²) >= 11 is 0. The first kappa shape index (κ1) is 14.0. The van der Waals surface area contributed by atoms with Gasteiger partial charge in [0.1, 0.15) is 17.7 Å². The second kappa shape index (κ2) is 5.86. The Kier molecular flexibility index (Phi) is 3.72. The second-order valence-electron chi connectivity index (χ2n) is 6.89. The van der Waals surface area contributed by atoms with Crippen molar-refractivity contribution in [2.24, 2.45) is 0 Å². The van der Waals surface area contributed by atoms with E-state index in [9.17, 15) is 4.79 Å². The van der Waals surface area contributed by atoms with Gasteiger partial charge in [0.2, 0.25) is 5.91 Å². The van der Waals surface area contributed by atoms with Gasteiger partial charge in [0.25, 0.3) is 0 Å². The molecule has 1 amide bonds. The van der Waals surface area contributed by atoms with Gasteiger partial charge in [-0.05, 0) is 44.6 Å². The Hall–Kier alpha value is -1.65. The quantitative estimate of drug-likeness (QED) is 0.927. The minimum Gasteiger partial charge on any atom is -0.352 e. The molecule has 22 heavy (non-hydrogen) atoms. The molecule has 1 atom stereocenters. The Bertz CT molecular complexity index is 551. The fourth-order valence-corrected chi connectivity index (χ4v) is 3.74. The summed E-state index contributed by atoms with van der Waals surface area (Å²) in [7, 11) is 0. The lowest BCUT2D eigenvalue weighted by atomic mass is 10.1. The number of rotatable bonds is 4. The molecule has 5 heteroatoms. The maximum atomic E-state index is 12.4. The molecule has 5 nitrogen and oxygen atoms in total. The Morgan fingerprint density at radius 2 is 1.95 bits per heavy atom. The summed E-state index contributed by atoms with van der Waals surface area (Å²) in [6.45, 7) is 0.921. The summed E-state index contributed by atoms with van der Waals surface area (Å²) in [6, 6.07) is 2.34. The number of aromatic nitrogens is 2. The molecule has 2 saturated carbocycles. The lowest BCUT2D eigenvalue weighted by Gasteiger charge is -2.25. The van der Waals surface area contributed by atoms with Gasteiger partial charge in [-0.3, -0.25) is 4.79 Å². The average Bonchev–Trinajstić information content (AvgIpc) is 3.06. The van der Waals surface area contributed by atoms with Gasteiger partial charge in [-0.2, -0.15) is 0 Å². The van der Waals surface area contributed by atoms with E-state index in [1.807, 2.05) is 12.3 Å². The zero-order chi connectivity index (χ0) is 14.9. The van der Waals surface area contributed by atoms with Crippen LogP contribution in [0.3, 0.4) is 0 Å². The van der Waals surface area contributed by atoms with Crippen molar-refractivity contribution in [1.29, 1.82) is 0 Å². The molecule has 2 heterocycles. The first-order valence-electron chi connectivity index (χ1n) is 8.71. The van der Waals surface area contributed by atoms with Crippen LogP contribution in [0.5, 0.6) is 0 Å². The summed E-state index contributed by atoms with van der Waals surface area (Å²) < 4.78 is 0. The molecule has 1 aromatic rings. The molecule has 1 aliphatic heterocycles. The van der Waals surface area contributed by atoms with Gasteiger partial charge in [0.15, 0.2) is 0 Å². The maximum Gasteiger partial charge on any atom is 0.242 e. The van der Waals surface area contributed by atoms with Crippen molar-refractivity contribution in [3.8, 4) is 0 Å².